The van der Waals surface area contributed by atoms with E-state index >= 15 is 0 Å². The Morgan fingerprint density at radius 1 is 1.26 bits per heavy atom. The van der Waals surface area contributed by atoms with Gasteiger partial charge < -0.3 is 20.5 Å². The molecule has 0 radical (unpaired) electrons. The zero-order valence-electron chi connectivity index (χ0n) is 19.4. The van der Waals surface area contributed by atoms with Crippen LogP contribution >= 0.6 is 11.6 Å². The molecule has 1 fully saturated rings. The first kappa shape index (κ1) is 25.1. The Bertz CT molecular complexity index is 1130. The number of carbonyl (C=O) groups is 2. The van der Waals surface area contributed by atoms with E-state index in [-0.39, 0.29) is 23.6 Å². The molecule has 11 heteroatoms. The van der Waals surface area contributed by atoms with Crippen molar-refractivity contribution >= 4 is 29.3 Å². The van der Waals surface area contributed by atoms with Crippen LogP contribution in [-0.2, 0) is 32.6 Å². The summed E-state index contributed by atoms with van der Waals surface area (Å²) in [7, 11) is 0. The number of H-pyrrole nitrogens is 1. The molecule has 1 unspecified atom stereocenters. The van der Waals surface area contributed by atoms with Gasteiger partial charge in [0.2, 0.25) is 5.91 Å². The van der Waals surface area contributed by atoms with Crippen molar-refractivity contribution in [1.82, 2.24) is 20.5 Å². The van der Waals surface area contributed by atoms with E-state index in [0.717, 1.165) is 50.2 Å². The zero-order chi connectivity index (χ0) is 24.8. The molecule has 10 nitrogen and oxygen atoms in total. The minimum Gasteiger partial charge on any atom is -0.480 e. The fraction of sp³-hybridized carbons (Fsp3) is 0.542. The van der Waals surface area contributed by atoms with E-state index in [1.165, 1.54) is 11.8 Å². The molecule has 0 spiro atoms. The number of amides is 1. The summed E-state index contributed by atoms with van der Waals surface area (Å²) in [4.78, 5) is 41.4. The van der Waals surface area contributed by atoms with Crippen LogP contribution in [0.15, 0.2) is 23.1 Å². The fourth-order valence-corrected chi connectivity index (χ4v) is 4.73. The highest BCUT2D eigenvalue weighted by molar-refractivity contribution is 6.31. The van der Waals surface area contributed by atoms with Gasteiger partial charge in [0.25, 0.3) is 5.56 Å². The van der Waals surface area contributed by atoms with Gasteiger partial charge in [0.1, 0.15) is 11.9 Å². The Hall–Kier alpha value is -2.98. The monoisotopic (exact) mass is 503 g/mol. The number of fused-ring (bicyclic) bond motifs is 1. The van der Waals surface area contributed by atoms with Crippen molar-refractivity contribution in [2.75, 3.05) is 25.1 Å². The largest absolute Gasteiger partial charge is 0.480 e. The molecular formula is C24H30ClN5O5. The summed E-state index contributed by atoms with van der Waals surface area (Å²) in [5.41, 5.74) is 0.807. The molecule has 35 heavy (non-hydrogen) atoms. The highest BCUT2D eigenvalue weighted by Gasteiger charge is 2.54. The van der Waals surface area contributed by atoms with E-state index in [1.54, 1.807) is 0 Å². The number of halogens is 1. The number of aromatic amines is 1. The van der Waals surface area contributed by atoms with Crippen molar-refractivity contribution in [2.45, 2.75) is 62.8 Å². The Morgan fingerprint density at radius 2 is 2.09 bits per heavy atom. The summed E-state index contributed by atoms with van der Waals surface area (Å²) < 4.78 is 5.62. The number of carbonyl (C=O) groups excluding carboxylic acids is 1. The zero-order valence-corrected chi connectivity index (χ0v) is 20.2. The van der Waals surface area contributed by atoms with Crippen molar-refractivity contribution in [3.63, 3.8) is 0 Å². The van der Waals surface area contributed by atoms with E-state index in [9.17, 15) is 19.5 Å². The molecule has 1 aliphatic heterocycles. The third kappa shape index (κ3) is 5.99. The van der Waals surface area contributed by atoms with Gasteiger partial charge in [-0.25, -0.2) is 14.9 Å². The van der Waals surface area contributed by atoms with Crippen molar-refractivity contribution in [2.24, 2.45) is 0 Å². The second-order valence-corrected chi connectivity index (χ2v) is 9.47. The number of aliphatic carboxylic acids is 1. The predicted octanol–water partition coefficient (Wildman–Crippen LogP) is 2.21. The van der Waals surface area contributed by atoms with Gasteiger partial charge in [-0.1, -0.05) is 17.7 Å². The Labute approximate surface area is 207 Å². The van der Waals surface area contributed by atoms with Crippen LogP contribution in [0, 0.1) is 0 Å². The maximum atomic E-state index is 12.9. The van der Waals surface area contributed by atoms with Crippen LogP contribution in [0.2, 0.25) is 5.02 Å². The molecule has 1 saturated carbocycles. The van der Waals surface area contributed by atoms with E-state index < -0.39 is 28.9 Å². The molecule has 0 bridgehead atoms. The average Bonchev–Trinajstić information content (AvgIpc) is 3.64. The van der Waals surface area contributed by atoms with Crippen LogP contribution in [0.3, 0.4) is 0 Å². The summed E-state index contributed by atoms with van der Waals surface area (Å²) in [5.74, 6) is -0.675. The molecule has 2 aromatic rings. The van der Waals surface area contributed by atoms with Crippen LogP contribution < -0.4 is 16.2 Å². The Balaban J connectivity index is 1.19. The quantitative estimate of drug-likeness (QED) is 0.322. The fourth-order valence-electron chi connectivity index (χ4n) is 4.41. The summed E-state index contributed by atoms with van der Waals surface area (Å²) in [6.07, 6.45) is 7.02. The lowest BCUT2D eigenvalue weighted by Crippen LogP contribution is -2.47. The molecule has 3 heterocycles. The minimum absolute atomic E-state index is 0.0958. The van der Waals surface area contributed by atoms with E-state index in [1.807, 2.05) is 0 Å². The number of anilines is 1. The maximum Gasteiger partial charge on any atom is 0.326 e. The third-order valence-electron chi connectivity index (χ3n) is 6.55. The number of hydrogen-bond donors (Lipinski definition) is 4. The molecule has 4 N–H and O–H groups in total. The molecule has 1 amide bonds. The number of nitrogens with zero attached hydrogens (tertiary/aromatic N) is 2. The van der Waals surface area contributed by atoms with Gasteiger partial charge in [-0.15, -0.1) is 0 Å². The normalized spacial score (nSPS) is 16.6. The number of rotatable bonds is 12. The van der Waals surface area contributed by atoms with Gasteiger partial charge in [-0.3, -0.25) is 9.59 Å². The molecule has 1 atom stereocenters. The van der Waals surface area contributed by atoms with Gasteiger partial charge in [0.15, 0.2) is 0 Å². The number of unbranched alkanes of at least 4 members (excludes halogenated alkanes) is 1. The minimum atomic E-state index is -1.15. The van der Waals surface area contributed by atoms with Crippen molar-refractivity contribution in [3.8, 4) is 0 Å². The predicted molar refractivity (Wildman–Crippen MR) is 130 cm³/mol. The van der Waals surface area contributed by atoms with Gasteiger partial charge in [-0.05, 0) is 56.6 Å². The third-order valence-corrected chi connectivity index (χ3v) is 6.84. The second-order valence-electron chi connectivity index (χ2n) is 9.07. The van der Waals surface area contributed by atoms with E-state index in [4.69, 9.17) is 16.3 Å². The summed E-state index contributed by atoms with van der Waals surface area (Å²) in [6.45, 7) is 1.66. The first-order valence-corrected chi connectivity index (χ1v) is 12.4. The SMILES string of the molecule is O=C(O)C(CCOCCCCc1ccc2c(n1)NCCC2)NC(=O)C1(c2c(Cl)cn[nH]c2=O)CC1. The number of aryl methyl sites for hydroxylation is 2. The first-order chi connectivity index (χ1) is 16.9. The number of carboxylic acids is 1. The maximum absolute atomic E-state index is 12.9. The average molecular weight is 504 g/mol. The van der Waals surface area contributed by atoms with Crippen molar-refractivity contribution in [3.05, 3.63) is 50.5 Å². The van der Waals surface area contributed by atoms with E-state index in [0.29, 0.717) is 19.4 Å². The Morgan fingerprint density at radius 3 is 2.83 bits per heavy atom. The second kappa shape index (κ2) is 11.2. The molecule has 188 valence electrons. The lowest BCUT2D eigenvalue weighted by atomic mass is 9.96. The lowest BCUT2D eigenvalue weighted by molar-refractivity contribution is -0.142. The number of aromatic nitrogens is 3. The van der Waals surface area contributed by atoms with Gasteiger partial charge >= 0.3 is 5.97 Å². The summed E-state index contributed by atoms with van der Waals surface area (Å²) in [6, 6.07) is 3.10. The molecule has 2 aromatic heterocycles. The molecular weight excluding hydrogens is 474 g/mol. The molecule has 1 aliphatic carbocycles. The first-order valence-electron chi connectivity index (χ1n) is 12.0. The Kier molecular flexibility index (Phi) is 8.02. The van der Waals surface area contributed by atoms with Crippen molar-refractivity contribution in [1.29, 1.82) is 0 Å². The van der Waals surface area contributed by atoms with Crippen LogP contribution in [-0.4, -0.2) is 58.0 Å². The molecule has 4 rings (SSSR count). The number of carboxylic acid groups (broad SMARTS) is 1. The highest BCUT2D eigenvalue weighted by Crippen LogP contribution is 2.49. The van der Waals surface area contributed by atoms with E-state index in [2.05, 4.69) is 37.9 Å². The lowest BCUT2D eigenvalue weighted by Gasteiger charge is -2.20. The van der Waals surface area contributed by atoms with Crippen LogP contribution in [0.25, 0.3) is 0 Å². The van der Waals surface area contributed by atoms with Gasteiger partial charge in [0, 0.05) is 31.9 Å². The van der Waals surface area contributed by atoms with Gasteiger partial charge in [-0.2, -0.15) is 5.10 Å². The highest BCUT2D eigenvalue weighted by atomic mass is 35.5. The molecule has 2 aliphatic rings. The van der Waals surface area contributed by atoms with Crippen LogP contribution in [0.1, 0.15) is 55.3 Å². The van der Waals surface area contributed by atoms with Gasteiger partial charge in [0.05, 0.1) is 22.2 Å². The van der Waals surface area contributed by atoms with Crippen molar-refractivity contribution < 1.29 is 19.4 Å². The standard InChI is InChI=1S/C24H30ClN5O5/c25-17-14-27-30-21(31)19(17)24(9-10-24)23(34)29-18(22(32)33)8-13-35-12-2-1-5-16-7-6-15-4-3-11-26-20(15)28-16/h6-7,14,18H,1-5,8-13H2,(H,26,28)(H,29,34)(H,30,31)(H,32,33). The van der Waals surface area contributed by atoms with Crippen LogP contribution in [0.4, 0.5) is 5.82 Å². The van der Waals surface area contributed by atoms with Crippen LogP contribution in [0.5, 0.6) is 0 Å². The smallest absolute Gasteiger partial charge is 0.326 e. The topological polar surface area (TPSA) is 146 Å². The summed E-state index contributed by atoms with van der Waals surface area (Å²) in [5, 5.41) is 21.5. The summed E-state index contributed by atoms with van der Waals surface area (Å²) >= 11 is 6.11. The number of hydrogen-bond acceptors (Lipinski definition) is 7. The number of pyridine rings is 1. The number of nitrogens with one attached hydrogen (secondary N) is 3. The molecule has 0 saturated heterocycles. The molecule has 0 aromatic carbocycles. The number of ether oxygens (including phenoxy) is 1.